The van der Waals surface area contributed by atoms with Gasteiger partial charge >= 0.3 is 6.03 Å². The maximum Gasteiger partial charge on any atom is 0.319 e. The summed E-state index contributed by atoms with van der Waals surface area (Å²) >= 11 is 0. The van der Waals surface area contributed by atoms with Gasteiger partial charge < -0.3 is 15.4 Å². The van der Waals surface area contributed by atoms with Crippen molar-refractivity contribution in [2.75, 3.05) is 11.9 Å². The first-order chi connectivity index (χ1) is 14.1. The molecule has 0 spiro atoms. The van der Waals surface area contributed by atoms with Gasteiger partial charge in [-0.1, -0.05) is 6.07 Å². The SMILES string of the molecule is Cc1cc(C)n(-c2cccc(NC(=O)N[C@@H]3CCO[C@H](c4ccncc4)C3)c2)n1. The highest BCUT2D eigenvalue weighted by atomic mass is 16.5. The van der Waals surface area contributed by atoms with Crippen LogP contribution in [0.2, 0.25) is 0 Å². The number of pyridine rings is 1. The number of amides is 2. The van der Waals surface area contributed by atoms with Gasteiger partial charge in [0.25, 0.3) is 0 Å². The zero-order valence-corrected chi connectivity index (χ0v) is 16.6. The minimum atomic E-state index is -0.212. The molecule has 7 nitrogen and oxygen atoms in total. The average molecular weight is 391 g/mol. The second kappa shape index (κ2) is 8.45. The number of carbonyl (C=O) groups is 1. The van der Waals surface area contributed by atoms with E-state index in [1.165, 1.54) is 0 Å². The number of nitrogens with zero attached hydrogens (tertiary/aromatic N) is 3. The number of rotatable bonds is 4. The molecule has 0 unspecified atom stereocenters. The fourth-order valence-corrected chi connectivity index (χ4v) is 3.70. The van der Waals surface area contributed by atoms with Gasteiger partial charge in [-0.15, -0.1) is 0 Å². The van der Waals surface area contributed by atoms with E-state index in [4.69, 9.17) is 4.74 Å². The smallest absolute Gasteiger partial charge is 0.319 e. The molecule has 1 aliphatic heterocycles. The molecular weight excluding hydrogens is 366 g/mol. The summed E-state index contributed by atoms with van der Waals surface area (Å²) in [6.45, 7) is 4.59. The standard InChI is InChI=1S/C22H25N5O2/c1-15-12-16(2)27(26-15)20-5-3-4-18(13-20)24-22(28)25-19-8-11-29-21(14-19)17-6-9-23-10-7-17/h3-7,9-10,12-13,19,21H,8,11,14H2,1-2H3,(H2,24,25,28)/t19-,21+/m1/s1. The molecule has 3 aromatic rings. The number of urea groups is 1. The summed E-state index contributed by atoms with van der Waals surface area (Å²) in [5.41, 5.74) is 4.74. The first-order valence-corrected chi connectivity index (χ1v) is 9.81. The van der Waals surface area contributed by atoms with Crippen molar-refractivity contribution >= 4 is 11.7 Å². The average Bonchev–Trinajstić information content (AvgIpc) is 3.07. The molecule has 0 aliphatic carbocycles. The van der Waals surface area contributed by atoms with Gasteiger partial charge in [0.15, 0.2) is 0 Å². The molecular formula is C22H25N5O2. The maximum absolute atomic E-state index is 12.5. The highest BCUT2D eigenvalue weighted by Gasteiger charge is 2.25. The second-order valence-corrected chi connectivity index (χ2v) is 7.35. The van der Waals surface area contributed by atoms with Gasteiger partial charge in [-0.2, -0.15) is 5.10 Å². The fourth-order valence-electron chi connectivity index (χ4n) is 3.70. The summed E-state index contributed by atoms with van der Waals surface area (Å²) in [6, 6.07) is 13.5. The predicted molar refractivity (Wildman–Crippen MR) is 111 cm³/mol. The van der Waals surface area contributed by atoms with Crippen LogP contribution in [0.4, 0.5) is 10.5 Å². The van der Waals surface area contributed by atoms with Crippen molar-refractivity contribution in [3.05, 3.63) is 71.8 Å². The van der Waals surface area contributed by atoms with Gasteiger partial charge in [0.05, 0.1) is 17.5 Å². The number of hydrogen-bond donors (Lipinski definition) is 2. The Hall–Kier alpha value is -3.19. The summed E-state index contributed by atoms with van der Waals surface area (Å²) in [5.74, 6) is 0. The second-order valence-electron chi connectivity index (χ2n) is 7.35. The van der Waals surface area contributed by atoms with E-state index in [1.807, 2.05) is 61.0 Å². The van der Waals surface area contributed by atoms with E-state index in [1.54, 1.807) is 12.4 Å². The Balaban J connectivity index is 1.38. The highest BCUT2D eigenvalue weighted by molar-refractivity contribution is 5.89. The Morgan fingerprint density at radius 1 is 1.17 bits per heavy atom. The van der Waals surface area contributed by atoms with E-state index in [0.717, 1.165) is 41.2 Å². The molecule has 2 amide bonds. The first kappa shape index (κ1) is 19.1. The molecule has 1 saturated heterocycles. The van der Waals surface area contributed by atoms with Crippen LogP contribution in [-0.4, -0.2) is 33.4 Å². The van der Waals surface area contributed by atoms with Crippen LogP contribution < -0.4 is 10.6 Å². The van der Waals surface area contributed by atoms with Crippen molar-refractivity contribution in [2.24, 2.45) is 0 Å². The van der Waals surface area contributed by atoms with E-state index in [2.05, 4.69) is 20.7 Å². The number of aryl methyl sites for hydroxylation is 2. The number of carbonyl (C=O) groups excluding carboxylic acids is 1. The molecule has 1 aliphatic rings. The fraction of sp³-hybridized carbons (Fsp3) is 0.318. The zero-order chi connectivity index (χ0) is 20.2. The molecule has 0 saturated carbocycles. The van der Waals surface area contributed by atoms with Gasteiger partial charge in [-0.3, -0.25) is 4.98 Å². The van der Waals surface area contributed by atoms with Crippen LogP contribution in [0.5, 0.6) is 0 Å². The van der Waals surface area contributed by atoms with E-state index in [-0.39, 0.29) is 18.2 Å². The molecule has 2 N–H and O–H groups in total. The van der Waals surface area contributed by atoms with Crippen molar-refractivity contribution in [1.29, 1.82) is 0 Å². The number of nitrogens with one attached hydrogen (secondary N) is 2. The van der Waals surface area contributed by atoms with Crippen molar-refractivity contribution in [3.8, 4) is 5.69 Å². The van der Waals surface area contributed by atoms with E-state index < -0.39 is 0 Å². The van der Waals surface area contributed by atoms with Crippen molar-refractivity contribution in [2.45, 2.75) is 38.8 Å². The molecule has 0 bridgehead atoms. The van der Waals surface area contributed by atoms with E-state index in [9.17, 15) is 4.79 Å². The van der Waals surface area contributed by atoms with Crippen molar-refractivity contribution < 1.29 is 9.53 Å². The van der Waals surface area contributed by atoms with Crippen molar-refractivity contribution in [3.63, 3.8) is 0 Å². The number of hydrogen-bond acceptors (Lipinski definition) is 4. The number of anilines is 1. The number of ether oxygens (including phenoxy) is 1. The first-order valence-electron chi connectivity index (χ1n) is 9.81. The Bertz CT molecular complexity index is 986. The highest BCUT2D eigenvalue weighted by Crippen LogP contribution is 2.27. The lowest BCUT2D eigenvalue weighted by Gasteiger charge is -2.30. The van der Waals surface area contributed by atoms with Gasteiger partial charge in [-0.05, 0) is 68.7 Å². The Labute approximate surface area is 170 Å². The molecule has 2 aromatic heterocycles. The summed E-state index contributed by atoms with van der Waals surface area (Å²) < 4.78 is 7.73. The Morgan fingerprint density at radius 2 is 2.00 bits per heavy atom. The van der Waals surface area contributed by atoms with Crippen molar-refractivity contribution in [1.82, 2.24) is 20.1 Å². The van der Waals surface area contributed by atoms with Gasteiger partial charge in [0, 0.05) is 36.4 Å². The summed E-state index contributed by atoms with van der Waals surface area (Å²) in [4.78, 5) is 16.6. The molecule has 3 heterocycles. The van der Waals surface area contributed by atoms with Crippen LogP contribution in [0.25, 0.3) is 5.69 Å². The normalized spacial score (nSPS) is 19.0. The molecule has 2 atom stereocenters. The molecule has 150 valence electrons. The quantitative estimate of drug-likeness (QED) is 0.706. The van der Waals surface area contributed by atoms with Crippen LogP contribution in [0, 0.1) is 13.8 Å². The summed E-state index contributed by atoms with van der Waals surface area (Å²) in [7, 11) is 0. The predicted octanol–water partition coefficient (Wildman–Crippen LogP) is 3.93. The molecule has 4 rings (SSSR count). The van der Waals surface area contributed by atoms with Crippen LogP contribution in [-0.2, 0) is 4.74 Å². The minimum Gasteiger partial charge on any atom is -0.373 e. The topological polar surface area (TPSA) is 81.1 Å². The third-order valence-corrected chi connectivity index (χ3v) is 5.06. The van der Waals surface area contributed by atoms with Gasteiger partial charge in [0.2, 0.25) is 0 Å². The molecule has 1 aromatic carbocycles. The monoisotopic (exact) mass is 391 g/mol. The third-order valence-electron chi connectivity index (χ3n) is 5.06. The molecule has 29 heavy (non-hydrogen) atoms. The van der Waals surface area contributed by atoms with Crippen LogP contribution in [0.3, 0.4) is 0 Å². The van der Waals surface area contributed by atoms with E-state index in [0.29, 0.717) is 6.61 Å². The number of benzene rings is 1. The third kappa shape index (κ3) is 4.63. The number of aromatic nitrogens is 3. The Kier molecular flexibility index (Phi) is 5.57. The minimum absolute atomic E-state index is 0.0218. The van der Waals surface area contributed by atoms with Gasteiger partial charge in [-0.25, -0.2) is 9.48 Å². The maximum atomic E-state index is 12.5. The zero-order valence-electron chi connectivity index (χ0n) is 16.6. The lowest BCUT2D eigenvalue weighted by Crippen LogP contribution is -2.42. The van der Waals surface area contributed by atoms with Crippen LogP contribution in [0.1, 0.15) is 35.9 Å². The Morgan fingerprint density at radius 3 is 2.76 bits per heavy atom. The van der Waals surface area contributed by atoms with E-state index >= 15 is 0 Å². The van der Waals surface area contributed by atoms with Gasteiger partial charge in [0.1, 0.15) is 0 Å². The van der Waals surface area contributed by atoms with Crippen LogP contribution in [0.15, 0.2) is 54.9 Å². The molecule has 7 heteroatoms. The molecule has 1 fully saturated rings. The largest absolute Gasteiger partial charge is 0.373 e. The summed E-state index contributed by atoms with van der Waals surface area (Å²) in [5, 5.41) is 10.5. The molecule has 0 radical (unpaired) electrons. The lowest BCUT2D eigenvalue weighted by atomic mass is 9.98. The summed E-state index contributed by atoms with van der Waals surface area (Å²) in [6.07, 6.45) is 5.03. The van der Waals surface area contributed by atoms with Crippen LogP contribution >= 0.6 is 0 Å². The lowest BCUT2D eigenvalue weighted by molar-refractivity contribution is 0.00249.